The molecule has 7 nitrogen and oxygen atoms in total. The summed E-state index contributed by atoms with van der Waals surface area (Å²) in [6, 6.07) is 2.72. The van der Waals surface area contributed by atoms with Gasteiger partial charge in [0, 0.05) is 19.7 Å². The Morgan fingerprint density at radius 2 is 2.42 bits per heavy atom. The molecule has 19 heavy (non-hydrogen) atoms. The second-order valence-electron chi connectivity index (χ2n) is 4.54. The van der Waals surface area contributed by atoms with E-state index in [1.54, 1.807) is 0 Å². The minimum Gasteiger partial charge on any atom is -0.383 e. The molecule has 1 aromatic heterocycles. The van der Waals surface area contributed by atoms with Gasteiger partial charge in [0.2, 0.25) is 0 Å². The molecule has 0 radical (unpaired) electrons. The summed E-state index contributed by atoms with van der Waals surface area (Å²) >= 11 is 0. The molecule has 0 bridgehead atoms. The van der Waals surface area contributed by atoms with E-state index < -0.39 is 4.92 Å². The van der Waals surface area contributed by atoms with E-state index in [2.05, 4.69) is 4.98 Å². The van der Waals surface area contributed by atoms with Crippen molar-refractivity contribution in [2.75, 3.05) is 30.3 Å². The summed E-state index contributed by atoms with van der Waals surface area (Å²) in [5.74, 6) is 0.694. The predicted molar refractivity (Wildman–Crippen MR) is 72.2 cm³/mol. The number of hydrogen-bond acceptors (Lipinski definition) is 6. The molecule has 104 valence electrons. The zero-order valence-corrected chi connectivity index (χ0v) is 10.9. The molecule has 0 amide bonds. The number of nitrogens with two attached hydrogens (primary N) is 1. The fourth-order valence-corrected chi connectivity index (χ4v) is 2.21. The third-order valence-corrected chi connectivity index (χ3v) is 3.18. The van der Waals surface area contributed by atoms with Crippen molar-refractivity contribution in [3.05, 3.63) is 22.2 Å². The Hall–Kier alpha value is -1.89. The Bertz CT molecular complexity index is 460. The highest BCUT2D eigenvalue weighted by atomic mass is 16.6. The second kappa shape index (κ2) is 5.83. The number of pyridine rings is 1. The molecule has 2 heterocycles. The van der Waals surface area contributed by atoms with Crippen LogP contribution in [-0.4, -0.2) is 35.7 Å². The Morgan fingerprint density at radius 3 is 3.00 bits per heavy atom. The van der Waals surface area contributed by atoms with E-state index in [1.807, 2.05) is 11.8 Å². The molecular weight excluding hydrogens is 248 g/mol. The lowest BCUT2D eigenvalue weighted by Crippen LogP contribution is -2.32. The van der Waals surface area contributed by atoms with Crippen LogP contribution in [0.25, 0.3) is 0 Å². The predicted octanol–water partition coefficient (Wildman–Crippen LogP) is 1.58. The molecule has 1 fully saturated rings. The van der Waals surface area contributed by atoms with Gasteiger partial charge in [0.05, 0.1) is 23.2 Å². The average Bonchev–Trinajstić information content (AvgIpc) is 2.88. The van der Waals surface area contributed by atoms with Crippen LogP contribution in [-0.2, 0) is 4.74 Å². The van der Waals surface area contributed by atoms with E-state index in [0.717, 1.165) is 19.4 Å². The highest BCUT2D eigenvalue weighted by Crippen LogP contribution is 2.23. The summed E-state index contributed by atoms with van der Waals surface area (Å²) in [4.78, 5) is 16.5. The van der Waals surface area contributed by atoms with Gasteiger partial charge < -0.3 is 15.4 Å². The number of nitro groups is 1. The highest BCUT2D eigenvalue weighted by molar-refractivity contribution is 5.54. The van der Waals surface area contributed by atoms with Crippen molar-refractivity contribution in [1.82, 2.24) is 4.98 Å². The minimum absolute atomic E-state index is 0.0340. The monoisotopic (exact) mass is 266 g/mol. The van der Waals surface area contributed by atoms with Gasteiger partial charge in [-0.25, -0.2) is 4.98 Å². The van der Waals surface area contributed by atoms with Crippen LogP contribution in [0.5, 0.6) is 0 Å². The van der Waals surface area contributed by atoms with Gasteiger partial charge in [0.15, 0.2) is 0 Å². The van der Waals surface area contributed by atoms with Crippen LogP contribution in [0.1, 0.15) is 19.8 Å². The molecule has 2 N–H and O–H groups in total. The van der Waals surface area contributed by atoms with Crippen molar-refractivity contribution >= 4 is 17.3 Å². The van der Waals surface area contributed by atoms with Gasteiger partial charge in [-0.15, -0.1) is 0 Å². The number of hydrogen-bond donors (Lipinski definition) is 1. The van der Waals surface area contributed by atoms with Crippen molar-refractivity contribution in [1.29, 1.82) is 0 Å². The Balaban J connectivity index is 2.19. The van der Waals surface area contributed by atoms with Crippen LogP contribution < -0.4 is 10.6 Å². The van der Waals surface area contributed by atoms with Gasteiger partial charge >= 0.3 is 0 Å². The topological polar surface area (TPSA) is 94.5 Å². The normalized spacial score (nSPS) is 18.5. The van der Waals surface area contributed by atoms with Crippen molar-refractivity contribution in [2.45, 2.75) is 25.9 Å². The van der Waals surface area contributed by atoms with E-state index in [0.29, 0.717) is 18.9 Å². The van der Waals surface area contributed by atoms with Gasteiger partial charge in [-0.05, 0) is 19.8 Å². The van der Waals surface area contributed by atoms with Crippen molar-refractivity contribution < 1.29 is 9.66 Å². The van der Waals surface area contributed by atoms with Crippen LogP contribution in [0.4, 0.5) is 17.3 Å². The number of aromatic nitrogens is 1. The first kappa shape index (κ1) is 13.5. The third-order valence-electron chi connectivity index (χ3n) is 3.18. The highest BCUT2D eigenvalue weighted by Gasteiger charge is 2.21. The lowest BCUT2D eigenvalue weighted by molar-refractivity contribution is -0.384. The maximum Gasteiger partial charge on any atom is 0.276 e. The van der Waals surface area contributed by atoms with Gasteiger partial charge in [-0.1, -0.05) is 0 Å². The minimum atomic E-state index is -0.457. The fourth-order valence-electron chi connectivity index (χ4n) is 2.21. The molecule has 1 saturated heterocycles. The smallest absolute Gasteiger partial charge is 0.276 e. The molecule has 0 aliphatic carbocycles. The maximum absolute atomic E-state index is 10.8. The van der Waals surface area contributed by atoms with Crippen molar-refractivity contribution in [2.24, 2.45) is 0 Å². The molecule has 1 unspecified atom stereocenters. The maximum atomic E-state index is 10.8. The molecule has 1 atom stereocenters. The average molecular weight is 266 g/mol. The van der Waals surface area contributed by atoms with E-state index >= 15 is 0 Å². The van der Waals surface area contributed by atoms with Gasteiger partial charge in [0.1, 0.15) is 11.6 Å². The lowest BCUT2D eigenvalue weighted by Gasteiger charge is -2.24. The zero-order valence-electron chi connectivity index (χ0n) is 10.9. The van der Waals surface area contributed by atoms with E-state index in [-0.39, 0.29) is 17.6 Å². The summed E-state index contributed by atoms with van der Waals surface area (Å²) in [6.45, 7) is 4.15. The number of likely N-dealkylation sites (N-methyl/N-ethyl adjacent to an activating group) is 1. The number of nitrogen functional groups attached to an aromatic ring is 1. The first-order valence-corrected chi connectivity index (χ1v) is 6.38. The molecule has 1 aromatic rings. The Kier molecular flexibility index (Phi) is 4.16. The van der Waals surface area contributed by atoms with E-state index in [1.165, 1.54) is 12.1 Å². The first-order valence-electron chi connectivity index (χ1n) is 6.38. The molecule has 7 heteroatoms. The summed E-state index contributed by atoms with van der Waals surface area (Å²) in [7, 11) is 0. The zero-order chi connectivity index (χ0) is 13.8. The quantitative estimate of drug-likeness (QED) is 0.642. The summed E-state index contributed by atoms with van der Waals surface area (Å²) in [6.07, 6.45) is 2.25. The fraction of sp³-hybridized carbons (Fsp3) is 0.583. The number of anilines is 2. The van der Waals surface area contributed by atoms with Crippen LogP contribution in [0.3, 0.4) is 0 Å². The standard InChI is InChI=1S/C12H18N4O3/c1-2-15(8-10-4-3-5-19-10)12-7-9(16(17)18)6-11(13)14-12/h6-7,10H,2-5,8H2,1H3,(H2,13,14). The molecule has 0 saturated carbocycles. The Morgan fingerprint density at radius 1 is 1.63 bits per heavy atom. The molecule has 1 aliphatic heterocycles. The first-order chi connectivity index (χ1) is 9.10. The summed E-state index contributed by atoms with van der Waals surface area (Å²) in [5, 5.41) is 10.8. The van der Waals surface area contributed by atoms with Gasteiger partial charge in [0.25, 0.3) is 5.69 Å². The third kappa shape index (κ3) is 3.31. The van der Waals surface area contributed by atoms with E-state index in [4.69, 9.17) is 10.5 Å². The SMILES string of the molecule is CCN(CC1CCCO1)c1cc([N+](=O)[O-])cc(N)n1. The molecule has 1 aliphatic rings. The van der Waals surface area contributed by atoms with Gasteiger partial charge in [-0.2, -0.15) is 0 Å². The van der Waals surface area contributed by atoms with E-state index in [9.17, 15) is 10.1 Å². The largest absolute Gasteiger partial charge is 0.383 e. The Labute approximate surface area is 111 Å². The molecule has 0 aromatic carbocycles. The summed E-state index contributed by atoms with van der Waals surface area (Å²) < 4.78 is 5.58. The van der Waals surface area contributed by atoms with Gasteiger partial charge in [-0.3, -0.25) is 10.1 Å². The van der Waals surface area contributed by atoms with Crippen LogP contribution in [0, 0.1) is 10.1 Å². The lowest BCUT2D eigenvalue weighted by atomic mass is 10.2. The summed E-state index contributed by atoms with van der Waals surface area (Å²) in [5.41, 5.74) is 5.59. The molecule has 2 rings (SSSR count). The second-order valence-corrected chi connectivity index (χ2v) is 4.54. The van der Waals surface area contributed by atoms with Crippen molar-refractivity contribution in [3.8, 4) is 0 Å². The number of ether oxygens (including phenoxy) is 1. The number of rotatable bonds is 5. The van der Waals surface area contributed by atoms with Crippen LogP contribution in [0.2, 0.25) is 0 Å². The molecule has 0 spiro atoms. The van der Waals surface area contributed by atoms with Crippen molar-refractivity contribution in [3.63, 3.8) is 0 Å². The van der Waals surface area contributed by atoms with Crippen LogP contribution in [0.15, 0.2) is 12.1 Å². The van der Waals surface area contributed by atoms with Crippen LogP contribution >= 0.6 is 0 Å². The number of nitrogens with zero attached hydrogens (tertiary/aromatic N) is 3. The molecular formula is C12H18N4O3.